The molecule has 0 aliphatic carbocycles. The molecule has 0 bridgehead atoms. The lowest BCUT2D eigenvalue weighted by Gasteiger charge is -2.23. The number of nitrogens with one attached hydrogen (secondary N) is 1. The molecule has 1 aromatic rings. The molecular formula is C15H23FN2O2. The molecule has 1 rings (SSSR count). The Bertz CT molecular complexity index is 461. The molecular weight excluding hydrogens is 259 g/mol. The number of rotatable bonds is 6. The summed E-state index contributed by atoms with van der Waals surface area (Å²) in [6, 6.07) is 4.57. The van der Waals surface area contributed by atoms with E-state index in [1.54, 1.807) is 24.1 Å². The number of aliphatic hydroxyl groups excluding tert-OH is 1. The minimum atomic E-state index is -0.924. The van der Waals surface area contributed by atoms with Crippen LogP contribution in [0.4, 0.5) is 10.1 Å². The van der Waals surface area contributed by atoms with Crippen molar-refractivity contribution in [1.29, 1.82) is 0 Å². The lowest BCUT2D eigenvalue weighted by molar-refractivity contribution is -0.119. The molecule has 1 aromatic carbocycles. The van der Waals surface area contributed by atoms with E-state index in [1.165, 1.54) is 13.0 Å². The third kappa shape index (κ3) is 4.49. The van der Waals surface area contributed by atoms with Gasteiger partial charge < -0.3 is 15.3 Å². The van der Waals surface area contributed by atoms with Crippen molar-refractivity contribution in [3.63, 3.8) is 0 Å². The zero-order valence-corrected chi connectivity index (χ0v) is 12.5. The van der Waals surface area contributed by atoms with Crippen molar-refractivity contribution in [3.8, 4) is 0 Å². The zero-order valence-electron chi connectivity index (χ0n) is 12.5. The van der Waals surface area contributed by atoms with Crippen LogP contribution < -0.4 is 10.2 Å². The van der Waals surface area contributed by atoms with Gasteiger partial charge in [-0.15, -0.1) is 0 Å². The molecule has 1 atom stereocenters. The highest BCUT2D eigenvalue weighted by Gasteiger charge is 2.17. The van der Waals surface area contributed by atoms with Crippen LogP contribution in [0.2, 0.25) is 0 Å². The Morgan fingerprint density at radius 1 is 1.40 bits per heavy atom. The smallest absolute Gasteiger partial charge is 0.239 e. The molecule has 0 aliphatic rings. The van der Waals surface area contributed by atoms with Crippen molar-refractivity contribution in [2.75, 3.05) is 25.0 Å². The van der Waals surface area contributed by atoms with E-state index >= 15 is 0 Å². The van der Waals surface area contributed by atoms with Crippen LogP contribution in [0, 0.1) is 11.7 Å². The van der Waals surface area contributed by atoms with E-state index in [-0.39, 0.29) is 18.0 Å². The van der Waals surface area contributed by atoms with E-state index in [4.69, 9.17) is 0 Å². The first kappa shape index (κ1) is 16.4. The molecule has 0 unspecified atom stereocenters. The van der Waals surface area contributed by atoms with Gasteiger partial charge in [-0.3, -0.25) is 4.79 Å². The van der Waals surface area contributed by atoms with E-state index in [2.05, 4.69) is 5.32 Å². The number of benzene rings is 1. The average molecular weight is 282 g/mol. The molecule has 0 heterocycles. The van der Waals surface area contributed by atoms with Crippen LogP contribution >= 0.6 is 0 Å². The summed E-state index contributed by atoms with van der Waals surface area (Å²) in [4.78, 5) is 13.4. The van der Waals surface area contributed by atoms with Crippen LogP contribution in [-0.2, 0) is 4.79 Å². The van der Waals surface area contributed by atoms with Gasteiger partial charge in [0, 0.05) is 24.8 Å². The van der Waals surface area contributed by atoms with Crippen molar-refractivity contribution in [2.45, 2.75) is 26.9 Å². The predicted octanol–water partition coefficient (Wildman–Crippen LogP) is 2.09. The van der Waals surface area contributed by atoms with E-state index in [0.29, 0.717) is 18.2 Å². The highest BCUT2D eigenvalue weighted by molar-refractivity contribution is 5.81. The molecule has 0 radical (unpaired) electrons. The maximum atomic E-state index is 13.8. The van der Waals surface area contributed by atoms with Crippen molar-refractivity contribution in [1.82, 2.24) is 5.32 Å². The molecule has 0 aromatic heterocycles. The second-order valence-electron chi connectivity index (χ2n) is 5.40. The maximum Gasteiger partial charge on any atom is 0.239 e. The Balaban J connectivity index is 2.80. The summed E-state index contributed by atoms with van der Waals surface area (Å²) in [7, 11) is 1.70. The van der Waals surface area contributed by atoms with Gasteiger partial charge in [0.1, 0.15) is 5.82 Å². The molecule has 2 N–H and O–H groups in total. The molecule has 112 valence electrons. The number of amides is 1. The van der Waals surface area contributed by atoms with Crippen LogP contribution in [0.25, 0.3) is 0 Å². The van der Waals surface area contributed by atoms with E-state index in [0.717, 1.165) is 0 Å². The SMILES string of the molecule is CC(C)CNC(=O)CN(C)c1cccc(F)c1[C@H](C)O. The number of hydrogen-bond donors (Lipinski definition) is 2. The normalized spacial score (nSPS) is 12.3. The Morgan fingerprint density at radius 2 is 2.05 bits per heavy atom. The van der Waals surface area contributed by atoms with Crippen molar-refractivity contribution in [2.24, 2.45) is 5.92 Å². The fourth-order valence-corrected chi connectivity index (χ4v) is 1.95. The number of nitrogens with zero attached hydrogens (tertiary/aromatic N) is 1. The number of anilines is 1. The van der Waals surface area contributed by atoms with Gasteiger partial charge in [0.05, 0.1) is 12.6 Å². The van der Waals surface area contributed by atoms with Crippen LogP contribution in [0.1, 0.15) is 32.4 Å². The second-order valence-corrected chi connectivity index (χ2v) is 5.40. The molecule has 0 fully saturated rings. The number of carbonyl (C=O) groups excluding carboxylic acids is 1. The molecule has 1 amide bonds. The van der Waals surface area contributed by atoms with Gasteiger partial charge in [0.15, 0.2) is 0 Å². The molecule has 0 saturated heterocycles. The molecule has 0 spiro atoms. The van der Waals surface area contributed by atoms with E-state index < -0.39 is 11.9 Å². The second kappa shape index (κ2) is 7.24. The average Bonchev–Trinajstić information content (AvgIpc) is 2.35. The minimum Gasteiger partial charge on any atom is -0.389 e. The lowest BCUT2D eigenvalue weighted by atomic mass is 10.1. The van der Waals surface area contributed by atoms with Gasteiger partial charge in [-0.1, -0.05) is 19.9 Å². The Labute approximate surface area is 119 Å². The summed E-state index contributed by atoms with van der Waals surface area (Å²) >= 11 is 0. The number of carbonyl (C=O) groups is 1. The van der Waals surface area contributed by atoms with Gasteiger partial charge in [-0.05, 0) is 25.0 Å². The standard InChI is InChI=1S/C15H23FN2O2/c1-10(2)8-17-14(20)9-18(4)13-7-5-6-12(16)15(13)11(3)19/h5-7,10-11,19H,8-9H2,1-4H3,(H,17,20)/t11-/m0/s1. The first-order valence-corrected chi connectivity index (χ1v) is 6.77. The van der Waals surface area contributed by atoms with Gasteiger partial charge >= 0.3 is 0 Å². The summed E-state index contributed by atoms with van der Waals surface area (Å²) in [6.07, 6.45) is -0.924. The summed E-state index contributed by atoms with van der Waals surface area (Å²) in [5.74, 6) is -0.208. The number of likely N-dealkylation sites (N-methyl/N-ethyl adjacent to an activating group) is 1. The van der Waals surface area contributed by atoms with Crippen LogP contribution in [-0.4, -0.2) is 31.2 Å². The van der Waals surface area contributed by atoms with Crippen LogP contribution in [0.3, 0.4) is 0 Å². The summed E-state index contributed by atoms with van der Waals surface area (Å²) in [6.45, 7) is 6.27. The van der Waals surface area contributed by atoms with Crippen LogP contribution in [0.15, 0.2) is 18.2 Å². The highest BCUT2D eigenvalue weighted by atomic mass is 19.1. The highest BCUT2D eigenvalue weighted by Crippen LogP contribution is 2.27. The minimum absolute atomic E-state index is 0.121. The van der Waals surface area contributed by atoms with Gasteiger partial charge in [0.25, 0.3) is 0 Å². The summed E-state index contributed by atoms with van der Waals surface area (Å²) in [5, 5.41) is 12.5. The fourth-order valence-electron chi connectivity index (χ4n) is 1.95. The third-order valence-electron chi connectivity index (χ3n) is 2.95. The number of halogens is 1. The molecule has 5 heteroatoms. The van der Waals surface area contributed by atoms with Gasteiger partial charge in [0.2, 0.25) is 5.91 Å². The third-order valence-corrected chi connectivity index (χ3v) is 2.95. The maximum absolute atomic E-state index is 13.8. The quantitative estimate of drug-likeness (QED) is 0.840. The van der Waals surface area contributed by atoms with Gasteiger partial charge in [-0.25, -0.2) is 4.39 Å². The lowest BCUT2D eigenvalue weighted by Crippen LogP contribution is -2.37. The Morgan fingerprint density at radius 3 is 2.60 bits per heavy atom. The predicted molar refractivity (Wildman–Crippen MR) is 78.2 cm³/mol. The molecule has 20 heavy (non-hydrogen) atoms. The number of hydrogen-bond acceptors (Lipinski definition) is 3. The number of aliphatic hydroxyl groups is 1. The summed E-state index contributed by atoms with van der Waals surface area (Å²) in [5.41, 5.74) is 0.742. The first-order valence-electron chi connectivity index (χ1n) is 6.77. The van der Waals surface area contributed by atoms with Crippen molar-refractivity contribution < 1.29 is 14.3 Å². The molecule has 0 saturated carbocycles. The van der Waals surface area contributed by atoms with Crippen LogP contribution in [0.5, 0.6) is 0 Å². The fraction of sp³-hybridized carbons (Fsp3) is 0.533. The van der Waals surface area contributed by atoms with E-state index in [1.807, 2.05) is 13.8 Å². The van der Waals surface area contributed by atoms with E-state index in [9.17, 15) is 14.3 Å². The topological polar surface area (TPSA) is 52.6 Å². The summed E-state index contributed by atoms with van der Waals surface area (Å²) < 4.78 is 13.8. The van der Waals surface area contributed by atoms with Crippen molar-refractivity contribution in [3.05, 3.63) is 29.6 Å². The Hall–Kier alpha value is -1.62. The van der Waals surface area contributed by atoms with Gasteiger partial charge in [-0.2, -0.15) is 0 Å². The van der Waals surface area contributed by atoms with Crippen molar-refractivity contribution >= 4 is 11.6 Å². The largest absolute Gasteiger partial charge is 0.389 e. The monoisotopic (exact) mass is 282 g/mol. The first-order chi connectivity index (χ1) is 9.32. The Kier molecular flexibility index (Phi) is 5.95. The molecule has 0 aliphatic heterocycles. The molecule has 4 nitrogen and oxygen atoms in total. The zero-order chi connectivity index (χ0) is 15.3.